The first-order valence-corrected chi connectivity index (χ1v) is 7.92. The van der Waals surface area contributed by atoms with Gasteiger partial charge in [-0.25, -0.2) is 4.39 Å². The first-order chi connectivity index (χ1) is 12.1. The minimum atomic E-state index is -0.337. The third-order valence-electron chi connectivity index (χ3n) is 3.84. The monoisotopic (exact) mass is 337 g/mol. The Kier molecular flexibility index (Phi) is 5.04. The Balaban J connectivity index is 1.63. The van der Waals surface area contributed by atoms with Crippen LogP contribution < -0.4 is 10.0 Å². The lowest BCUT2D eigenvalue weighted by atomic mass is 10.1. The molecule has 0 radical (unpaired) electrons. The van der Waals surface area contributed by atoms with Crippen molar-refractivity contribution in [1.82, 2.24) is 5.32 Å². The Hall–Kier alpha value is -3.21. The van der Waals surface area contributed by atoms with Gasteiger partial charge in [-0.2, -0.15) is 0 Å². The maximum absolute atomic E-state index is 13.1. The number of nitrogens with zero attached hydrogens (tertiary/aromatic N) is 1. The Labute approximate surface area is 145 Å². The Morgan fingerprint density at radius 1 is 1.00 bits per heavy atom. The quantitative estimate of drug-likeness (QED) is 0.556. The predicted molar refractivity (Wildman–Crippen MR) is 91.2 cm³/mol. The number of nitrogens with one attached hydrogen (secondary N) is 1. The van der Waals surface area contributed by atoms with Gasteiger partial charge in [-0.15, -0.1) is 0 Å². The SMILES string of the molecule is O=C(Cc1ccc(-c2ccccc2)c[n+]1O)NCc1cccc(F)c1. The van der Waals surface area contributed by atoms with Crippen LogP contribution in [0.15, 0.2) is 72.9 Å². The number of aromatic nitrogens is 1. The molecule has 1 heterocycles. The zero-order valence-electron chi connectivity index (χ0n) is 13.5. The lowest BCUT2D eigenvalue weighted by Crippen LogP contribution is -2.38. The van der Waals surface area contributed by atoms with E-state index in [0.29, 0.717) is 11.3 Å². The first kappa shape index (κ1) is 16.6. The fourth-order valence-corrected chi connectivity index (χ4v) is 2.54. The number of amides is 1. The topological polar surface area (TPSA) is 53.2 Å². The molecule has 0 atom stereocenters. The minimum Gasteiger partial charge on any atom is -0.352 e. The van der Waals surface area contributed by atoms with Gasteiger partial charge in [-0.3, -0.25) is 10.0 Å². The standard InChI is InChI=1S/C20H17FN2O2/c21-18-8-4-5-15(11-18)13-22-20(24)12-19-10-9-17(14-23(19)25)16-6-2-1-3-7-16/h1-11,14H,12-13H2,(H-,22,24,25)/p+1. The molecular formula is C20H18FN2O2+. The molecule has 2 N–H and O–H groups in total. The fraction of sp³-hybridized carbons (Fsp3) is 0.100. The fourth-order valence-electron chi connectivity index (χ4n) is 2.54. The molecule has 3 rings (SSSR count). The average molecular weight is 337 g/mol. The summed E-state index contributed by atoms with van der Waals surface area (Å²) in [5.74, 6) is -0.587. The molecule has 1 aromatic heterocycles. The van der Waals surface area contributed by atoms with E-state index in [0.717, 1.165) is 15.9 Å². The highest BCUT2D eigenvalue weighted by Crippen LogP contribution is 2.17. The van der Waals surface area contributed by atoms with Crippen LogP contribution in [-0.4, -0.2) is 11.1 Å². The van der Waals surface area contributed by atoms with Crippen molar-refractivity contribution in [2.45, 2.75) is 13.0 Å². The predicted octanol–water partition coefficient (Wildman–Crippen LogP) is 2.88. The van der Waals surface area contributed by atoms with Gasteiger partial charge in [-0.05, 0) is 29.3 Å². The van der Waals surface area contributed by atoms with Crippen LogP contribution in [0.1, 0.15) is 11.3 Å². The largest absolute Gasteiger partial charge is 0.352 e. The highest BCUT2D eigenvalue weighted by atomic mass is 19.1. The normalized spacial score (nSPS) is 10.4. The molecule has 4 nitrogen and oxygen atoms in total. The molecule has 126 valence electrons. The van der Waals surface area contributed by atoms with E-state index in [4.69, 9.17) is 0 Å². The van der Waals surface area contributed by atoms with E-state index in [1.54, 1.807) is 24.4 Å². The molecule has 25 heavy (non-hydrogen) atoms. The van der Waals surface area contributed by atoms with Crippen LogP contribution in [0.4, 0.5) is 4.39 Å². The van der Waals surface area contributed by atoms with Gasteiger partial charge in [0.25, 0.3) is 0 Å². The lowest BCUT2D eigenvalue weighted by molar-refractivity contribution is -0.909. The Bertz CT molecular complexity index is 882. The first-order valence-electron chi connectivity index (χ1n) is 7.92. The second-order valence-corrected chi connectivity index (χ2v) is 5.70. The molecule has 0 saturated heterocycles. The molecular weight excluding hydrogens is 319 g/mol. The maximum Gasteiger partial charge on any atom is 0.243 e. The molecule has 0 bridgehead atoms. The summed E-state index contributed by atoms with van der Waals surface area (Å²) in [6.07, 6.45) is 1.60. The van der Waals surface area contributed by atoms with E-state index in [2.05, 4.69) is 5.32 Å². The number of halogens is 1. The highest BCUT2D eigenvalue weighted by Gasteiger charge is 2.16. The molecule has 0 spiro atoms. The molecule has 0 aliphatic carbocycles. The van der Waals surface area contributed by atoms with Crippen LogP contribution in [0, 0.1) is 5.82 Å². The van der Waals surface area contributed by atoms with E-state index >= 15 is 0 Å². The van der Waals surface area contributed by atoms with Crippen molar-refractivity contribution in [3.05, 3.63) is 90.0 Å². The van der Waals surface area contributed by atoms with Crippen LogP contribution >= 0.6 is 0 Å². The van der Waals surface area contributed by atoms with Crippen molar-refractivity contribution in [3.63, 3.8) is 0 Å². The summed E-state index contributed by atoms with van der Waals surface area (Å²) >= 11 is 0. The zero-order chi connectivity index (χ0) is 17.6. The van der Waals surface area contributed by atoms with Gasteiger partial charge in [0.2, 0.25) is 17.8 Å². The Morgan fingerprint density at radius 2 is 1.80 bits per heavy atom. The van der Waals surface area contributed by atoms with Crippen LogP contribution in [0.5, 0.6) is 0 Å². The summed E-state index contributed by atoms with van der Waals surface area (Å²) in [5, 5.41) is 12.8. The number of pyridine rings is 1. The van der Waals surface area contributed by atoms with Gasteiger partial charge in [0.15, 0.2) is 0 Å². The molecule has 2 aromatic carbocycles. The highest BCUT2D eigenvalue weighted by molar-refractivity contribution is 5.77. The number of carbonyl (C=O) groups excluding carboxylic acids is 1. The smallest absolute Gasteiger partial charge is 0.243 e. The molecule has 0 aliphatic heterocycles. The van der Waals surface area contributed by atoms with E-state index in [1.165, 1.54) is 12.1 Å². The molecule has 0 aliphatic rings. The summed E-state index contributed by atoms with van der Waals surface area (Å²) < 4.78 is 14.1. The van der Waals surface area contributed by atoms with Gasteiger partial charge >= 0.3 is 0 Å². The molecule has 0 unspecified atom stereocenters. The van der Waals surface area contributed by atoms with Crippen LogP contribution in [-0.2, 0) is 17.8 Å². The van der Waals surface area contributed by atoms with Gasteiger partial charge in [0.1, 0.15) is 12.2 Å². The molecule has 1 amide bonds. The summed E-state index contributed by atoms with van der Waals surface area (Å²) in [6, 6.07) is 19.3. The zero-order valence-corrected chi connectivity index (χ0v) is 13.5. The van der Waals surface area contributed by atoms with Crippen molar-refractivity contribution in [3.8, 4) is 11.1 Å². The minimum absolute atomic E-state index is 0.0287. The molecule has 3 aromatic rings. The maximum atomic E-state index is 13.1. The van der Waals surface area contributed by atoms with E-state index in [9.17, 15) is 14.4 Å². The number of rotatable bonds is 5. The van der Waals surface area contributed by atoms with Crippen molar-refractivity contribution in [1.29, 1.82) is 0 Å². The Morgan fingerprint density at radius 3 is 2.52 bits per heavy atom. The van der Waals surface area contributed by atoms with Crippen molar-refractivity contribution in [2.24, 2.45) is 0 Å². The lowest BCUT2D eigenvalue weighted by Gasteiger charge is -2.05. The molecule has 0 saturated carbocycles. The third-order valence-corrected chi connectivity index (χ3v) is 3.84. The van der Waals surface area contributed by atoms with E-state index < -0.39 is 0 Å². The second-order valence-electron chi connectivity index (χ2n) is 5.70. The van der Waals surface area contributed by atoms with Crippen LogP contribution in [0.3, 0.4) is 0 Å². The van der Waals surface area contributed by atoms with E-state index in [1.807, 2.05) is 36.4 Å². The average Bonchev–Trinajstić information content (AvgIpc) is 2.62. The third kappa shape index (κ3) is 4.41. The number of hydrogen-bond acceptors (Lipinski definition) is 2. The van der Waals surface area contributed by atoms with Crippen molar-refractivity contribution < 1.29 is 19.1 Å². The van der Waals surface area contributed by atoms with Crippen molar-refractivity contribution in [2.75, 3.05) is 0 Å². The van der Waals surface area contributed by atoms with Crippen LogP contribution in [0.25, 0.3) is 11.1 Å². The van der Waals surface area contributed by atoms with Gasteiger partial charge in [-0.1, -0.05) is 42.5 Å². The number of hydrogen-bond donors (Lipinski definition) is 2. The summed E-state index contributed by atoms with van der Waals surface area (Å²) in [6.45, 7) is 0.240. The van der Waals surface area contributed by atoms with Gasteiger partial charge < -0.3 is 5.32 Å². The number of benzene rings is 2. The summed E-state index contributed by atoms with van der Waals surface area (Å²) in [4.78, 5) is 12.0. The van der Waals surface area contributed by atoms with Crippen LogP contribution in [0.2, 0.25) is 0 Å². The van der Waals surface area contributed by atoms with Crippen molar-refractivity contribution >= 4 is 5.91 Å². The van der Waals surface area contributed by atoms with Gasteiger partial charge in [0.05, 0.1) is 5.56 Å². The van der Waals surface area contributed by atoms with E-state index in [-0.39, 0.29) is 24.7 Å². The summed E-state index contributed by atoms with van der Waals surface area (Å²) in [5.41, 5.74) is 2.99. The van der Waals surface area contributed by atoms with Gasteiger partial charge in [0, 0.05) is 17.3 Å². The molecule has 0 fully saturated rings. The number of carbonyl (C=O) groups is 1. The summed E-state index contributed by atoms with van der Waals surface area (Å²) in [7, 11) is 0. The second kappa shape index (κ2) is 7.57. The molecule has 5 heteroatoms.